The smallest absolute Gasteiger partial charge is 0.217 e. The van der Waals surface area contributed by atoms with Crippen LogP contribution in [0.2, 0.25) is 0 Å². The molecule has 0 amide bonds. The van der Waals surface area contributed by atoms with E-state index >= 15 is 0 Å². The quantitative estimate of drug-likeness (QED) is 0.583. The second kappa shape index (κ2) is 2.97. The molecule has 51 valence electrons. The summed E-state index contributed by atoms with van der Waals surface area (Å²) in [6.45, 7) is 3.10. The van der Waals surface area contributed by atoms with E-state index in [2.05, 4.69) is 12.2 Å². The van der Waals surface area contributed by atoms with Crippen molar-refractivity contribution in [3.63, 3.8) is 0 Å². The Morgan fingerprint density at radius 2 is 2.56 bits per heavy atom. The molecule has 2 nitrogen and oxygen atoms in total. The third-order valence-corrected chi connectivity index (χ3v) is 2.00. The van der Waals surface area contributed by atoms with Gasteiger partial charge < -0.3 is 5.32 Å². The van der Waals surface area contributed by atoms with Crippen molar-refractivity contribution >= 4 is 6.29 Å². The van der Waals surface area contributed by atoms with Gasteiger partial charge >= 0.3 is 0 Å². The summed E-state index contributed by atoms with van der Waals surface area (Å²) >= 11 is 0. The molecule has 0 aromatic rings. The van der Waals surface area contributed by atoms with Crippen LogP contribution < -0.4 is 5.32 Å². The maximum absolute atomic E-state index is 10.2. The van der Waals surface area contributed by atoms with Crippen LogP contribution in [0.5, 0.6) is 0 Å². The molecule has 1 heterocycles. The molecule has 0 aromatic carbocycles. The van der Waals surface area contributed by atoms with Crippen molar-refractivity contribution in [2.45, 2.75) is 25.8 Å². The lowest BCUT2D eigenvalue weighted by Gasteiger charge is -2.08. The van der Waals surface area contributed by atoms with Crippen LogP contribution in [0.1, 0.15) is 19.8 Å². The van der Waals surface area contributed by atoms with Gasteiger partial charge in [-0.05, 0) is 18.9 Å². The normalized spacial score (nSPS) is 34.8. The number of rotatable bonds is 2. The number of hydrogen-bond donors (Lipinski definition) is 1. The Morgan fingerprint density at radius 1 is 1.78 bits per heavy atom. The molecule has 2 unspecified atom stereocenters. The first kappa shape index (κ1) is 6.75. The molecule has 0 bridgehead atoms. The van der Waals surface area contributed by atoms with Crippen molar-refractivity contribution < 1.29 is 4.79 Å². The predicted molar refractivity (Wildman–Crippen MR) is 35.9 cm³/mol. The third kappa shape index (κ3) is 1.30. The average molecular weight is 126 g/mol. The van der Waals surface area contributed by atoms with Crippen LogP contribution >= 0.6 is 0 Å². The second-order valence-corrected chi connectivity index (χ2v) is 2.51. The van der Waals surface area contributed by atoms with Crippen molar-refractivity contribution in [1.82, 2.24) is 5.32 Å². The summed E-state index contributed by atoms with van der Waals surface area (Å²) < 4.78 is 0. The molecule has 0 aromatic heterocycles. The monoisotopic (exact) mass is 126 g/mol. The zero-order valence-electron chi connectivity index (χ0n) is 5.68. The molecule has 0 saturated carbocycles. The Labute approximate surface area is 55.6 Å². The highest BCUT2D eigenvalue weighted by Gasteiger charge is 2.24. The maximum Gasteiger partial charge on any atom is 0.217 e. The first-order chi connectivity index (χ1) is 4.38. The predicted octanol–water partition coefficient (Wildman–Crippen LogP) is 0.484. The molecule has 1 saturated heterocycles. The van der Waals surface area contributed by atoms with Crippen LogP contribution in [0.3, 0.4) is 0 Å². The minimum Gasteiger partial charge on any atom is -0.307 e. The van der Waals surface area contributed by atoms with Gasteiger partial charge in [-0.15, -0.1) is 0 Å². The van der Waals surface area contributed by atoms with E-state index in [1.807, 2.05) is 6.29 Å². The standard InChI is InChI=1S/C7H12NO/c1-2-6-3-4-8-7(6)5-9/h6-8H,2-4H2,1H3. The lowest BCUT2D eigenvalue weighted by molar-refractivity contribution is 0.472. The van der Waals surface area contributed by atoms with Crippen LogP contribution in [0, 0.1) is 5.92 Å². The first-order valence-electron chi connectivity index (χ1n) is 3.49. The molecule has 2 heteroatoms. The Balaban J connectivity index is 2.41. The highest BCUT2D eigenvalue weighted by Crippen LogP contribution is 2.16. The molecule has 0 spiro atoms. The Morgan fingerprint density at radius 3 is 3.00 bits per heavy atom. The minimum absolute atomic E-state index is 0.0231. The van der Waals surface area contributed by atoms with E-state index in [-0.39, 0.29) is 6.04 Å². The summed E-state index contributed by atoms with van der Waals surface area (Å²) in [6.07, 6.45) is 4.23. The van der Waals surface area contributed by atoms with Gasteiger partial charge in [0.05, 0.1) is 6.04 Å². The molecule has 1 rings (SSSR count). The lowest BCUT2D eigenvalue weighted by Crippen LogP contribution is -2.27. The van der Waals surface area contributed by atoms with Crippen molar-refractivity contribution in [1.29, 1.82) is 0 Å². The van der Waals surface area contributed by atoms with Gasteiger partial charge in [-0.1, -0.05) is 13.3 Å². The van der Waals surface area contributed by atoms with Gasteiger partial charge in [0.1, 0.15) is 0 Å². The topological polar surface area (TPSA) is 29.1 Å². The van der Waals surface area contributed by atoms with Gasteiger partial charge in [0, 0.05) is 0 Å². The average Bonchev–Trinajstić information content (AvgIpc) is 2.33. The molecular weight excluding hydrogens is 114 g/mol. The maximum atomic E-state index is 10.2. The molecule has 1 aliphatic heterocycles. The van der Waals surface area contributed by atoms with Gasteiger partial charge in [0.2, 0.25) is 6.29 Å². The van der Waals surface area contributed by atoms with Gasteiger partial charge in [0.25, 0.3) is 0 Å². The van der Waals surface area contributed by atoms with E-state index in [0.717, 1.165) is 19.4 Å². The van der Waals surface area contributed by atoms with Crippen LogP contribution in [-0.2, 0) is 4.79 Å². The first-order valence-corrected chi connectivity index (χ1v) is 3.49. The molecule has 1 radical (unpaired) electrons. The lowest BCUT2D eigenvalue weighted by atomic mass is 9.99. The Kier molecular flexibility index (Phi) is 2.22. The number of hydrogen-bond acceptors (Lipinski definition) is 2. The molecule has 1 N–H and O–H groups in total. The summed E-state index contributed by atoms with van der Waals surface area (Å²) in [5.41, 5.74) is 0. The van der Waals surface area contributed by atoms with Crippen molar-refractivity contribution in [3.8, 4) is 0 Å². The molecule has 1 fully saturated rings. The van der Waals surface area contributed by atoms with Gasteiger partial charge in [0.15, 0.2) is 0 Å². The summed E-state index contributed by atoms with van der Waals surface area (Å²) in [7, 11) is 0. The van der Waals surface area contributed by atoms with Crippen LogP contribution in [0.15, 0.2) is 0 Å². The van der Waals surface area contributed by atoms with Crippen molar-refractivity contribution in [2.75, 3.05) is 6.54 Å². The minimum atomic E-state index is 0.0231. The summed E-state index contributed by atoms with van der Waals surface area (Å²) in [6, 6.07) is 0.0231. The summed E-state index contributed by atoms with van der Waals surface area (Å²) in [5, 5.41) is 3.08. The van der Waals surface area contributed by atoms with E-state index in [1.165, 1.54) is 0 Å². The van der Waals surface area contributed by atoms with Crippen molar-refractivity contribution in [3.05, 3.63) is 0 Å². The van der Waals surface area contributed by atoms with E-state index in [1.54, 1.807) is 0 Å². The number of nitrogens with one attached hydrogen (secondary N) is 1. The van der Waals surface area contributed by atoms with Gasteiger partial charge in [-0.3, -0.25) is 4.79 Å². The third-order valence-electron chi connectivity index (χ3n) is 2.00. The Bertz CT molecular complexity index is 103. The number of carbonyl (C=O) groups excluding carboxylic acids is 1. The fraction of sp³-hybridized carbons (Fsp3) is 0.857. The second-order valence-electron chi connectivity index (χ2n) is 2.51. The summed E-state index contributed by atoms with van der Waals surface area (Å²) in [5.74, 6) is 0.544. The van der Waals surface area contributed by atoms with Gasteiger partial charge in [-0.25, -0.2) is 0 Å². The largest absolute Gasteiger partial charge is 0.307 e. The van der Waals surface area contributed by atoms with Gasteiger partial charge in [-0.2, -0.15) is 0 Å². The molecular formula is C7H12NO. The zero-order chi connectivity index (χ0) is 6.69. The highest BCUT2D eigenvalue weighted by molar-refractivity contribution is 5.59. The van der Waals surface area contributed by atoms with E-state index in [9.17, 15) is 4.79 Å². The van der Waals surface area contributed by atoms with Crippen LogP contribution in [-0.4, -0.2) is 18.9 Å². The van der Waals surface area contributed by atoms with Crippen LogP contribution in [0.25, 0.3) is 0 Å². The van der Waals surface area contributed by atoms with E-state index < -0.39 is 0 Å². The highest BCUT2D eigenvalue weighted by atomic mass is 16.1. The zero-order valence-corrected chi connectivity index (χ0v) is 5.68. The van der Waals surface area contributed by atoms with E-state index in [4.69, 9.17) is 0 Å². The Hall–Kier alpha value is -0.370. The van der Waals surface area contributed by atoms with Crippen LogP contribution in [0.4, 0.5) is 0 Å². The van der Waals surface area contributed by atoms with Crippen molar-refractivity contribution in [2.24, 2.45) is 5.92 Å². The molecule has 2 atom stereocenters. The molecule has 1 aliphatic rings. The fourth-order valence-corrected chi connectivity index (χ4v) is 1.34. The van der Waals surface area contributed by atoms with E-state index in [0.29, 0.717) is 5.92 Å². The SMILES string of the molecule is CCC1CCNC1[C]=O. The molecule has 9 heavy (non-hydrogen) atoms. The molecule has 0 aliphatic carbocycles. The summed E-state index contributed by atoms with van der Waals surface area (Å²) in [4.78, 5) is 10.2. The fourth-order valence-electron chi connectivity index (χ4n) is 1.34.